The highest BCUT2D eigenvalue weighted by Gasteiger charge is 2.16. The van der Waals surface area contributed by atoms with Gasteiger partial charge in [0.2, 0.25) is 12.7 Å². The molecular formula is C17H16N4O3S2. The first kappa shape index (κ1) is 16.9. The van der Waals surface area contributed by atoms with E-state index >= 15 is 0 Å². The highest BCUT2D eigenvalue weighted by atomic mass is 32.2. The van der Waals surface area contributed by atoms with E-state index in [0.29, 0.717) is 17.2 Å². The maximum absolute atomic E-state index is 12.3. The van der Waals surface area contributed by atoms with Crippen LogP contribution in [0.3, 0.4) is 0 Å². The van der Waals surface area contributed by atoms with Gasteiger partial charge in [0.05, 0.1) is 5.75 Å². The molecule has 3 heterocycles. The Labute approximate surface area is 158 Å². The number of carbonyl (C=O) groups is 1. The summed E-state index contributed by atoms with van der Waals surface area (Å²) in [4.78, 5) is 12.3. The Bertz CT molecular complexity index is 924. The molecule has 1 aliphatic rings. The van der Waals surface area contributed by atoms with E-state index in [-0.39, 0.29) is 18.5 Å². The second-order valence-electron chi connectivity index (χ2n) is 5.47. The average molecular weight is 388 g/mol. The zero-order valence-electron chi connectivity index (χ0n) is 14.0. The zero-order chi connectivity index (χ0) is 17.9. The molecule has 26 heavy (non-hydrogen) atoms. The fourth-order valence-corrected chi connectivity index (χ4v) is 4.02. The molecule has 0 bridgehead atoms. The first-order valence-corrected chi connectivity index (χ1v) is 9.95. The van der Waals surface area contributed by atoms with Gasteiger partial charge >= 0.3 is 0 Å². The summed E-state index contributed by atoms with van der Waals surface area (Å²) in [6.45, 7) is 2.99. The van der Waals surface area contributed by atoms with E-state index in [1.165, 1.54) is 11.8 Å². The molecule has 0 spiro atoms. The monoisotopic (exact) mass is 388 g/mol. The van der Waals surface area contributed by atoms with E-state index in [0.717, 1.165) is 23.1 Å². The van der Waals surface area contributed by atoms with Gasteiger partial charge in [0, 0.05) is 29.2 Å². The molecule has 0 atom stereocenters. The molecule has 0 saturated heterocycles. The lowest BCUT2D eigenvalue weighted by molar-refractivity contribution is -0.113. The Morgan fingerprint density at radius 1 is 1.31 bits per heavy atom. The Balaban J connectivity index is 1.40. The van der Waals surface area contributed by atoms with Crippen molar-refractivity contribution in [2.75, 3.05) is 17.9 Å². The molecule has 9 heteroatoms. The molecule has 0 radical (unpaired) electrons. The number of nitrogens with one attached hydrogen (secondary N) is 1. The number of aromatic nitrogens is 3. The maximum Gasteiger partial charge on any atom is 0.234 e. The number of hydrogen-bond acceptors (Lipinski definition) is 7. The van der Waals surface area contributed by atoms with Crippen LogP contribution < -0.4 is 14.8 Å². The molecule has 0 aliphatic carbocycles. The summed E-state index contributed by atoms with van der Waals surface area (Å²) >= 11 is 2.99. The number of rotatable bonds is 6. The van der Waals surface area contributed by atoms with Crippen molar-refractivity contribution in [3.8, 4) is 22.9 Å². The van der Waals surface area contributed by atoms with Crippen molar-refractivity contribution in [1.82, 2.24) is 14.8 Å². The fourth-order valence-electron chi connectivity index (χ4n) is 2.59. The quantitative estimate of drug-likeness (QED) is 0.652. The molecule has 1 aliphatic heterocycles. The predicted molar refractivity (Wildman–Crippen MR) is 101 cm³/mol. The first-order valence-electron chi connectivity index (χ1n) is 8.02. The number of benzene rings is 1. The topological polar surface area (TPSA) is 78.3 Å². The summed E-state index contributed by atoms with van der Waals surface area (Å²) in [5.41, 5.74) is 1.72. The third-order valence-corrected chi connectivity index (χ3v) is 5.45. The molecule has 134 valence electrons. The van der Waals surface area contributed by atoms with Gasteiger partial charge in [-0.2, -0.15) is 11.3 Å². The Morgan fingerprint density at radius 3 is 3.00 bits per heavy atom. The Hall–Kier alpha value is -2.52. The molecule has 0 saturated carbocycles. The summed E-state index contributed by atoms with van der Waals surface area (Å²) in [5.74, 6) is 2.29. The number of thiophene rings is 1. The van der Waals surface area contributed by atoms with Crippen molar-refractivity contribution in [2.24, 2.45) is 0 Å². The van der Waals surface area contributed by atoms with Crippen molar-refractivity contribution in [2.45, 2.75) is 18.6 Å². The minimum atomic E-state index is -0.114. The van der Waals surface area contributed by atoms with Crippen molar-refractivity contribution in [3.05, 3.63) is 35.0 Å². The molecule has 0 unspecified atom stereocenters. The summed E-state index contributed by atoms with van der Waals surface area (Å²) in [6.07, 6.45) is 0. The molecule has 3 aromatic rings. The van der Waals surface area contributed by atoms with Crippen LogP contribution in [-0.2, 0) is 11.3 Å². The van der Waals surface area contributed by atoms with Crippen LogP contribution in [0, 0.1) is 0 Å². The van der Waals surface area contributed by atoms with Crippen LogP contribution in [0.15, 0.2) is 40.2 Å². The number of ether oxygens (including phenoxy) is 2. The van der Waals surface area contributed by atoms with Crippen LogP contribution in [0.1, 0.15) is 6.92 Å². The van der Waals surface area contributed by atoms with E-state index in [2.05, 4.69) is 15.5 Å². The number of carbonyl (C=O) groups excluding carboxylic acids is 1. The second-order valence-corrected chi connectivity index (χ2v) is 7.19. The van der Waals surface area contributed by atoms with E-state index in [9.17, 15) is 4.79 Å². The lowest BCUT2D eigenvalue weighted by Crippen LogP contribution is -2.14. The van der Waals surface area contributed by atoms with Crippen LogP contribution in [0.5, 0.6) is 11.5 Å². The van der Waals surface area contributed by atoms with E-state index in [1.54, 1.807) is 29.5 Å². The Kier molecular flexibility index (Phi) is 4.81. The number of thioether (sulfide) groups is 1. The molecule has 1 aromatic carbocycles. The Morgan fingerprint density at radius 2 is 2.19 bits per heavy atom. The van der Waals surface area contributed by atoms with Crippen molar-refractivity contribution in [1.29, 1.82) is 0 Å². The largest absolute Gasteiger partial charge is 0.454 e. The molecule has 1 amide bonds. The number of anilines is 1. The van der Waals surface area contributed by atoms with Gasteiger partial charge in [0.15, 0.2) is 22.5 Å². The zero-order valence-corrected chi connectivity index (χ0v) is 15.6. The number of fused-ring (bicyclic) bond motifs is 1. The molecule has 7 nitrogen and oxygen atoms in total. The number of amides is 1. The molecule has 4 rings (SSSR count). The minimum absolute atomic E-state index is 0.114. The van der Waals surface area contributed by atoms with Gasteiger partial charge in [0.25, 0.3) is 0 Å². The predicted octanol–water partition coefficient (Wildman–Crippen LogP) is 3.49. The van der Waals surface area contributed by atoms with E-state index in [4.69, 9.17) is 9.47 Å². The standard InChI is InChI=1S/C17H16N4O3S2/c1-2-21-16(11-5-6-25-8-11)19-20-17(21)26-9-15(22)18-12-3-4-13-14(7-12)24-10-23-13/h3-8H,2,9-10H2,1H3,(H,18,22). The van der Waals surface area contributed by atoms with Gasteiger partial charge in [-0.3, -0.25) is 4.79 Å². The third-order valence-electron chi connectivity index (χ3n) is 3.80. The van der Waals surface area contributed by atoms with Crippen LogP contribution in [0.25, 0.3) is 11.4 Å². The molecule has 1 N–H and O–H groups in total. The minimum Gasteiger partial charge on any atom is -0.454 e. The molecule has 2 aromatic heterocycles. The molecule has 0 fully saturated rings. The van der Waals surface area contributed by atoms with Crippen LogP contribution in [-0.4, -0.2) is 33.2 Å². The van der Waals surface area contributed by atoms with Crippen molar-refractivity contribution < 1.29 is 14.3 Å². The van der Waals surface area contributed by atoms with Crippen LogP contribution >= 0.6 is 23.1 Å². The third kappa shape index (κ3) is 3.40. The van der Waals surface area contributed by atoms with Gasteiger partial charge in [-0.1, -0.05) is 11.8 Å². The lowest BCUT2D eigenvalue weighted by Gasteiger charge is -2.07. The number of nitrogens with zero attached hydrogens (tertiary/aromatic N) is 3. The smallest absolute Gasteiger partial charge is 0.234 e. The highest BCUT2D eigenvalue weighted by molar-refractivity contribution is 7.99. The van der Waals surface area contributed by atoms with Crippen LogP contribution in [0.4, 0.5) is 5.69 Å². The summed E-state index contributed by atoms with van der Waals surface area (Å²) < 4.78 is 12.6. The average Bonchev–Trinajstić information content (AvgIpc) is 3.38. The van der Waals surface area contributed by atoms with Crippen molar-refractivity contribution in [3.63, 3.8) is 0 Å². The normalized spacial score (nSPS) is 12.3. The van der Waals surface area contributed by atoms with Gasteiger partial charge in [-0.25, -0.2) is 0 Å². The summed E-state index contributed by atoms with van der Waals surface area (Å²) in [7, 11) is 0. The number of hydrogen-bond donors (Lipinski definition) is 1. The summed E-state index contributed by atoms with van der Waals surface area (Å²) in [6, 6.07) is 7.35. The van der Waals surface area contributed by atoms with Gasteiger partial charge < -0.3 is 19.4 Å². The summed E-state index contributed by atoms with van der Waals surface area (Å²) in [5, 5.41) is 16.1. The second kappa shape index (κ2) is 7.38. The fraction of sp³-hybridized carbons (Fsp3) is 0.235. The first-order chi connectivity index (χ1) is 12.7. The van der Waals surface area contributed by atoms with Crippen molar-refractivity contribution >= 4 is 34.7 Å². The van der Waals surface area contributed by atoms with Crippen LogP contribution in [0.2, 0.25) is 0 Å². The maximum atomic E-state index is 12.3. The van der Waals surface area contributed by atoms with Gasteiger partial charge in [-0.15, -0.1) is 10.2 Å². The lowest BCUT2D eigenvalue weighted by atomic mass is 10.3. The SMILES string of the molecule is CCn1c(SCC(=O)Nc2ccc3c(c2)OCO3)nnc1-c1ccsc1. The van der Waals surface area contributed by atoms with E-state index in [1.807, 2.05) is 28.3 Å². The van der Waals surface area contributed by atoms with Gasteiger partial charge in [-0.05, 0) is 30.5 Å². The van der Waals surface area contributed by atoms with E-state index < -0.39 is 0 Å². The molecular weight excluding hydrogens is 372 g/mol. The van der Waals surface area contributed by atoms with Gasteiger partial charge in [0.1, 0.15) is 0 Å². The highest BCUT2D eigenvalue weighted by Crippen LogP contribution is 2.34.